The first-order chi connectivity index (χ1) is 15.0. The summed E-state index contributed by atoms with van der Waals surface area (Å²) in [4.78, 5) is 6.23. The van der Waals surface area contributed by atoms with E-state index in [1.165, 1.54) is 47.2 Å². The molecule has 0 atom stereocenters. The van der Waals surface area contributed by atoms with Crippen molar-refractivity contribution in [3.8, 4) is 22.8 Å². The molecule has 1 aromatic heterocycles. The number of hydrogen-bond acceptors (Lipinski definition) is 4. The first-order valence-corrected chi connectivity index (χ1v) is 11.4. The first-order valence-electron chi connectivity index (χ1n) is 11.4. The Morgan fingerprint density at radius 1 is 1.00 bits per heavy atom. The van der Waals surface area contributed by atoms with Gasteiger partial charge in [-0.1, -0.05) is 13.8 Å². The van der Waals surface area contributed by atoms with Crippen molar-refractivity contribution in [1.29, 1.82) is 0 Å². The van der Waals surface area contributed by atoms with Crippen LogP contribution < -0.4 is 19.7 Å². The second kappa shape index (κ2) is 7.79. The van der Waals surface area contributed by atoms with Crippen molar-refractivity contribution in [1.82, 2.24) is 10.3 Å². The summed E-state index contributed by atoms with van der Waals surface area (Å²) in [6.45, 7) is 9.20. The van der Waals surface area contributed by atoms with Crippen LogP contribution in [-0.4, -0.2) is 45.4 Å². The molecule has 3 aromatic rings. The van der Waals surface area contributed by atoms with E-state index in [0.29, 0.717) is 11.3 Å². The van der Waals surface area contributed by atoms with Crippen LogP contribution in [0.15, 0.2) is 36.4 Å². The highest BCUT2D eigenvalue weighted by molar-refractivity contribution is 5.94. The molecule has 164 valence electrons. The monoisotopic (exact) mass is 419 g/mol. The highest BCUT2D eigenvalue weighted by Gasteiger charge is 2.43. The molecule has 2 aromatic carbocycles. The van der Waals surface area contributed by atoms with Crippen LogP contribution >= 0.6 is 0 Å². The van der Waals surface area contributed by atoms with E-state index in [4.69, 9.17) is 9.47 Å². The maximum atomic E-state index is 5.55. The molecule has 0 saturated carbocycles. The predicted octanol–water partition coefficient (Wildman–Crippen LogP) is 5.17. The van der Waals surface area contributed by atoms with Gasteiger partial charge in [-0.2, -0.15) is 0 Å². The third kappa shape index (κ3) is 3.45. The lowest BCUT2D eigenvalue weighted by Gasteiger charge is -2.53. The number of methoxy groups -OCH3 is 2. The molecule has 3 heterocycles. The zero-order chi connectivity index (χ0) is 21.6. The van der Waals surface area contributed by atoms with Gasteiger partial charge in [0, 0.05) is 47.2 Å². The molecule has 2 aliphatic heterocycles. The number of fused-ring (bicyclic) bond motifs is 1. The molecule has 2 saturated heterocycles. The molecule has 5 heteroatoms. The van der Waals surface area contributed by atoms with E-state index in [2.05, 4.69) is 59.4 Å². The summed E-state index contributed by atoms with van der Waals surface area (Å²) in [5, 5.41) is 4.91. The molecule has 5 nitrogen and oxygen atoms in total. The number of nitrogens with one attached hydrogen (secondary N) is 2. The van der Waals surface area contributed by atoms with Gasteiger partial charge in [0.25, 0.3) is 0 Å². The van der Waals surface area contributed by atoms with Gasteiger partial charge < -0.3 is 24.7 Å². The molecular weight excluding hydrogens is 386 g/mol. The number of hydrogen-bond donors (Lipinski definition) is 2. The Morgan fingerprint density at radius 2 is 1.81 bits per heavy atom. The second-order valence-electron chi connectivity index (χ2n) is 9.50. The number of aromatic nitrogens is 1. The molecule has 2 aliphatic rings. The van der Waals surface area contributed by atoms with Crippen LogP contribution in [0.4, 0.5) is 5.69 Å². The molecule has 31 heavy (non-hydrogen) atoms. The average molecular weight is 420 g/mol. The highest BCUT2D eigenvalue weighted by Crippen LogP contribution is 2.43. The zero-order valence-corrected chi connectivity index (χ0v) is 19.0. The summed E-state index contributed by atoms with van der Waals surface area (Å²) in [6.07, 6.45) is 2.65. The number of benzene rings is 2. The van der Waals surface area contributed by atoms with Gasteiger partial charge in [0.05, 0.1) is 19.9 Å². The van der Waals surface area contributed by atoms with Gasteiger partial charge in [-0.3, -0.25) is 0 Å². The van der Waals surface area contributed by atoms with Gasteiger partial charge in [-0.15, -0.1) is 0 Å². The molecule has 0 amide bonds. The summed E-state index contributed by atoms with van der Waals surface area (Å²) in [5.74, 6) is 1.90. The minimum Gasteiger partial charge on any atom is -0.493 e. The van der Waals surface area contributed by atoms with E-state index >= 15 is 0 Å². The number of anilines is 1. The minimum atomic E-state index is 0.400. The van der Waals surface area contributed by atoms with E-state index < -0.39 is 0 Å². The van der Waals surface area contributed by atoms with E-state index in [1.54, 1.807) is 14.2 Å². The lowest BCUT2D eigenvalue weighted by Crippen LogP contribution is -2.62. The van der Waals surface area contributed by atoms with Crippen molar-refractivity contribution in [2.45, 2.75) is 32.6 Å². The van der Waals surface area contributed by atoms with Crippen molar-refractivity contribution < 1.29 is 9.47 Å². The van der Waals surface area contributed by atoms with E-state index in [-0.39, 0.29) is 0 Å². The first kappa shape index (κ1) is 20.3. The van der Waals surface area contributed by atoms with Crippen molar-refractivity contribution in [3.05, 3.63) is 42.0 Å². The van der Waals surface area contributed by atoms with Crippen molar-refractivity contribution in [3.63, 3.8) is 0 Å². The van der Waals surface area contributed by atoms with E-state index in [0.717, 1.165) is 36.7 Å². The normalized spacial score (nSPS) is 17.9. The smallest absolute Gasteiger partial charge is 0.161 e. The van der Waals surface area contributed by atoms with Gasteiger partial charge in [0.2, 0.25) is 0 Å². The van der Waals surface area contributed by atoms with Crippen LogP contribution in [-0.2, 0) is 0 Å². The number of rotatable bonds is 5. The standard InChI is InChI=1S/C26H33N3O2/c1-17(2)24-20-13-19(29-15-26(16-29)10-5-11-27-14-26)7-8-21(20)28-25(24)18-6-9-22(30-3)23(12-18)31-4/h6-9,12-13,17,27-28H,5,10-11,14-16H2,1-4H3. The molecule has 2 fully saturated rings. The molecular formula is C26H33N3O2. The molecule has 0 unspecified atom stereocenters. The fraction of sp³-hybridized carbons (Fsp3) is 0.462. The fourth-order valence-corrected chi connectivity index (χ4v) is 5.46. The Kier molecular flexibility index (Phi) is 5.09. The molecule has 5 rings (SSSR count). The molecule has 0 bridgehead atoms. The molecule has 1 spiro atoms. The lowest BCUT2D eigenvalue weighted by atomic mass is 9.74. The number of H-pyrrole nitrogens is 1. The summed E-state index contributed by atoms with van der Waals surface area (Å²) < 4.78 is 11.0. The minimum absolute atomic E-state index is 0.400. The maximum absolute atomic E-state index is 5.55. The predicted molar refractivity (Wildman–Crippen MR) is 128 cm³/mol. The van der Waals surface area contributed by atoms with Crippen molar-refractivity contribution in [2.75, 3.05) is 45.3 Å². The SMILES string of the molecule is COc1ccc(-c2[nH]c3ccc(N4CC5(CCCNC5)C4)cc3c2C(C)C)cc1OC. The van der Waals surface area contributed by atoms with Gasteiger partial charge in [-0.25, -0.2) is 0 Å². The Balaban J connectivity index is 1.52. The fourth-order valence-electron chi connectivity index (χ4n) is 5.46. The summed E-state index contributed by atoms with van der Waals surface area (Å²) in [6, 6.07) is 13.0. The van der Waals surface area contributed by atoms with Gasteiger partial charge in [-0.05, 0) is 67.3 Å². The van der Waals surface area contributed by atoms with E-state index in [1.807, 2.05) is 6.07 Å². The molecule has 0 radical (unpaired) electrons. The Bertz CT molecular complexity index is 1090. The number of ether oxygens (including phenoxy) is 2. The summed E-state index contributed by atoms with van der Waals surface area (Å²) >= 11 is 0. The second-order valence-corrected chi connectivity index (χ2v) is 9.50. The Hall–Kier alpha value is -2.66. The van der Waals surface area contributed by atoms with Gasteiger partial charge in [0.15, 0.2) is 11.5 Å². The average Bonchev–Trinajstić information content (AvgIpc) is 3.16. The zero-order valence-electron chi connectivity index (χ0n) is 19.0. The topological polar surface area (TPSA) is 49.5 Å². The van der Waals surface area contributed by atoms with E-state index in [9.17, 15) is 0 Å². The number of nitrogens with zero attached hydrogens (tertiary/aromatic N) is 1. The lowest BCUT2D eigenvalue weighted by molar-refractivity contribution is 0.157. The van der Waals surface area contributed by atoms with Gasteiger partial charge in [0.1, 0.15) is 0 Å². The third-order valence-corrected chi connectivity index (χ3v) is 7.05. The van der Waals surface area contributed by atoms with Gasteiger partial charge >= 0.3 is 0 Å². The molecule has 2 N–H and O–H groups in total. The largest absolute Gasteiger partial charge is 0.493 e. The van der Waals surface area contributed by atoms with Crippen LogP contribution in [0, 0.1) is 5.41 Å². The quantitative estimate of drug-likeness (QED) is 0.599. The number of piperidine rings is 1. The maximum Gasteiger partial charge on any atom is 0.161 e. The summed E-state index contributed by atoms with van der Waals surface area (Å²) in [5.41, 5.74) is 6.65. The van der Waals surface area contributed by atoms with Crippen molar-refractivity contribution >= 4 is 16.6 Å². The van der Waals surface area contributed by atoms with Crippen LogP contribution in [0.25, 0.3) is 22.2 Å². The van der Waals surface area contributed by atoms with Crippen LogP contribution in [0.5, 0.6) is 11.5 Å². The van der Waals surface area contributed by atoms with Crippen LogP contribution in [0.3, 0.4) is 0 Å². The Morgan fingerprint density at radius 3 is 2.48 bits per heavy atom. The van der Waals surface area contributed by atoms with Crippen LogP contribution in [0.2, 0.25) is 0 Å². The summed E-state index contributed by atoms with van der Waals surface area (Å²) in [7, 11) is 3.36. The molecule has 0 aliphatic carbocycles. The van der Waals surface area contributed by atoms with Crippen molar-refractivity contribution in [2.24, 2.45) is 5.41 Å². The number of aromatic amines is 1. The Labute approximate surface area is 184 Å². The highest BCUT2D eigenvalue weighted by atomic mass is 16.5. The third-order valence-electron chi connectivity index (χ3n) is 7.05. The van der Waals surface area contributed by atoms with Crippen LogP contribution in [0.1, 0.15) is 38.2 Å².